The van der Waals surface area contributed by atoms with Crippen molar-refractivity contribution in [3.05, 3.63) is 52.8 Å². The van der Waals surface area contributed by atoms with E-state index in [4.69, 9.17) is 0 Å². The Morgan fingerprint density at radius 3 is 2.68 bits per heavy atom. The van der Waals surface area contributed by atoms with Gasteiger partial charge in [-0.05, 0) is 19.1 Å². The minimum atomic E-state index is -4.53. The molecule has 0 aliphatic heterocycles. The zero-order chi connectivity index (χ0) is 15.9. The number of para-hydroxylation sites is 1. The van der Waals surface area contributed by atoms with Crippen LogP contribution in [0.25, 0.3) is 4.96 Å². The molecule has 3 aromatic rings. The fourth-order valence-electron chi connectivity index (χ4n) is 2.05. The van der Waals surface area contributed by atoms with Gasteiger partial charge in [0.05, 0.1) is 11.3 Å². The lowest BCUT2D eigenvalue weighted by atomic mass is 10.1. The minimum absolute atomic E-state index is 0.0724. The fraction of sp³-hybridized carbons (Fsp3) is 0.143. The van der Waals surface area contributed by atoms with Crippen LogP contribution in [-0.2, 0) is 6.18 Å². The van der Waals surface area contributed by atoms with Gasteiger partial charge in [0, 0.05) is 17.3 Å². The summed E-state index contributed by atoms with van der Waals surface area (Å²) in [4.78, 5) is 17.8. The molecule has 1 aromatic carbocycles. The van der Waals surface area contributed by atoms with Crippen LogP contribution in [0, 0.1) is 6.92 Å². The number of benzene rings is 1. The number of imidazole rings is 1. The Hall–Kier alpha value is -2.35. The molecule has 1 amide bonds. The van der Waals surface area contributed by atoms with Gasteiger partial charge in [-0.3, -0.25) is 9.20 Å². The van der Waals surface area contributed by atoms with E-state index in [1.165, 1.54) is 35.7 Å². The highest BCUT2D eigenvalue weighted by molar-refractivity contribution is 7.17. The summed E-state index contributed by atoms with van der Waals surface area (Å²) in [6.07, 6.45) is -1.24. The Kier molecular flexibility index (Phi) is 3.40. The molecule has 0 unspecified atom stereocenters. The second-order valence-electron chi connectivity index (χ2n) is 4.66. The van der Waals surface area contributed by atoms with Gasteiger partial charge in [0.2, 0.25) is 0 Å². The quantitative estimate of drug-likeness (QED) is 0.775. The molecule has 0 spiro atoms. The van der Waals surface area contributed by atoms with Gasteiger partial charge >= 0.3 is 6.18 Å². The number of thiazole rings is 1. The molecule has 8 heteroatoms. The molecule has 114 valence electrons. The maximum absolute atomic E-state index is 12.9. The highest BCUT2D eigenvalue weighted by atomic mass is 32.1. The van der Waals surface area contributed by atoms with Crippen molar-refractivity contribution < 1.29 is 18.0 Å². The standard InChI is InChI=1S/C14H10F3N3OS/c1-8-6-20-7-11(19-13(20)22-8)12(21)18-10-5-3-2-4-9(10)14(15,16)17/h2-7H,1H3,(H,18,21). The second-order valence-corrected chi connectivity index (χ2v) is 5.87. The Bertz CT molecular complexity index is 819. The predicted molar refractivity (Wildman–Crippen MR) is 77.2 cm³/mol. The van der Waals surface area contributed by atoms with Gasteiger partial charge in [0.25, 0.3) is 5.91 Å². The number of anilines is 1. The largest absolute Gasteiger partial charge is 0.418 e. The first-order valence-corrected chi connectivity index (χ1v) is 7.09. The molecule has 0 bridgehead atoms. The number of fused-ring (bicyclic) bond motifs is 1. The van der Waals surface area contributed by atoms with Crippen molar-refractivity contribution >= 4 is 27.9 Å². The third-order valence-corrected chi connectivity index (χ3v) is 3.90. The minimum Gasteiger partial charge on any atom is -0.320 e. The molecular formula is C14H10F3N3OS. The highest BCUT2D eigenvalue weighted by Crippen LogP contribution is 2.34. The number of hydrogen-bond donors (Lipinski definition) is 1. The normalized spacial score (nSPS) is 11.8. The Labute approximate surface area is 127 Å². The lowest BCUT2D eigenvalue weighted by molar-refractivity contribution is -0.136. The van der Waals surface area contributed by atoms with Crippen molar-refractivity contribution in [3.63, 3.8) is 0 Å². The first kappa shape index (κ1) is 14.6. The third-order valence-electron chi connectivity index (χ3n) is 2.98. The summed E-state index contributed by atoms with van der Waals surface area (Å²) in [5.74, 6) is -0.676. The van der Waals surface area contributed by atoms with E-state index in [1.54, 1.807) is 10.6 Å². The average Bonchev–Trinajstić information content (AvgIpc) is 2.95. The number of alkyl halides is 3. The number of hydrogen-bond acceptors (Lipinski definition) is 3. The fourth-order valence-corrected chi connectivity index (χ4v) is 2.85. The molecule has 0 fully saturated rings. The molecule has 2 aromatic heterocycles. The Balaban J connectivity index is 1.89. The van der Waals surface area contributed by atoms with E-state index in [0.717, 1.165) is 10.9 Å². The number of carbonyl (C=O) groups is 1. The number of halogens is 3. The van der Waals surface area contributed by atoms with E-state index in [-0.39, 0.29) is 11.4 Å². The number of nitrogens with zero attached hydrogens (tertiary/aromatic N) is 2. The van der Waals surface area contributed by atoms with Crippen LogP contribution in [0.5, 0.6) is 0 Å². The van der Waals surface area contributed by atoms with Gasteiger partial charge in [-0.2, -0.15) is 13.2 Å². The highest BCUT2D eigenvalue weighted by Gasteiger charge is 2.33. The molecule has 0 atom stereocenters. The molecule has 0 aliphatic rings. The van der Waals surface area contributed by atoms with Crippen LogP contribution in [0.2, 0.25) is 0 Å². The molecule has 0 aliphatic carbocycles. The van der Waals surface area contributed by atoms with E-state index in [2.05, 4.69) is 10.3 Å². The van der Waals surface area contributed by atoms with Gasteiger partial charge in [-0.25, -0.2) is 4.98 Å². The smallest absolute Gasteiger partial charge is 0.320 e. The average molecular weight is 325 g/mol. The monoisotopic (exact) mass is 325 g/mol. The van der Waals surface area contributed by atoms with Gasteiger partial charge in [-0.15, -0.1) is 11.3 Å². The SMILES string of the molecule is Cc1cn2cc(C(=O)Nc3ccccc3C(F)(F)F)nc2s1. The predicted octanol–water partition coefficient (Wildman–Crippen LogP) is 3.98. The summed E-state index contributed by atoms with van der Waals surface area (Å²) in [7, 11) is 0. The lowest BCUT2D eigenvalue weighted by Crippen LogP contribution is -2.16. The van der Waals surface area contributed by atoms with Crippen molar-refractivity contribution in [2.75, 3.05) is 5.32 Å². The summed E-state index contributed by atoms with van der Waals surface area (Å²) in [5, 5.41) is 2.27. The molecule has 3 rings (SSSR count). The maximum atomic E-state index is 12.9. The maximum Gasteiger partial charge on any atom is 0.418 e. The molecule has 22 heavy (non-hydrogen) atoms. The van der Waals surface area contributed by atoms with E-state index < -0.39 is 17.6 Å². The second kappa shape index (κ2) is 5.13. The van der Waals surface area contributed by atoms with Crippen molar-refractivity contribution in [2.24, 2.45) is 0 Å². The summed E-state index contributed by atoms with van der Waals surface area (Å²) in [5.41, 5.74) is -1.10. The first-order valence-electron chi connectivity index (χ1n) is 6.27. The van der Waals surface area contributed by atoms with Crippen molar-refractivity contribution in [1.82, 2.24) is 9.38 Å². The topological polar surface area (TPSA) is 46.4 Å². The van der Waals surface area contributed by atoms with Crippen LogP contribution in [0.4, 0.5) is 18.9 Å². The molecule has 4 nitrogen and oxygen atoms in total. The molecule has 0 saturated heterocycles. The number of carbonyl (C=O) groups excluding carboxylic acids is 1. The molecule has 0 saturated carbocycles. The van der Waals surface area contributed by atoms with E-state index >= 15 is 0 Å². The summed E-state index contributed by atoms with van der Waals surface area (Å²) < 4.78 is 40.4. The number of aromatic nitrogens is 2. The third kappa shape index (κ3) is 2.69. The Morgan fingerprint density at radius 1 is 1.27 bits per heavy atom. The van der Waals surface area contributed by atoms with Gasteiger partial charge < -0.3 is 5.32 Å². The van der Waals surface area contributed by atoms with Crippen molar-refractivity contribution in [1.29, 1.82) is 0 Å². The van der Waals surface area contributed by atoms with E-state index in [1.807, 2.05) is 6.92 Å². The van der Waals surface area contributed by atoms with Crippen LogP contribution in [0.1, 0.15) is 20.9 Å². The van der Waals surface area contributed by atoms with E-state index in [9.17, 15) is 18.0 Å². The zero-order valence-corrected chi connectivity index (χ0v) is 12.1. The van der Waals surface area contributed by atoms with Crippen molar-refractivity contribution in [2.45, 2.75) is 13.1 Å². The number of amides is 1. The molecule has 0 radical (unpaired) electrons. The number of rotatable bonds is 2. The van der Waals surface area contributed by atoms with Crippen LogP contribution in [0.3, 0.4) is 0 Å². The Morgan fingerprint density at radius 2 is 2.00 bits per heavy atom. The molecule has 1 N–H and O–H groups in total. The van der Waals surface area contributed by atoms with Crippen LogP contribution < -0.4 is 5.32 Å². The summed E-state index contributed by atoms with van der Waals surface area (Å²) in [6.45, 7) is 1.90. The van der Waals surface area contributed by atoms with Gasteiger partial charge in [0.1, 0.15) is 5.69 Å². The number of nitrogens with one attached hydrogen (secondary N) is 1. The van der Waals surface area contributed by atoms with E-state index in [0.29, 0.717) is 4.96 Å². The molecular weight excluding hydrogens is 315 g/mol. The summed E-state index contributed by atoms with van der Waals surface area (Å²) in [6, 6.07) is 4.84. The van der Waals surface area contributed by atoms with Crippen LogP contribution in [0.15, 0.2) is 36.7 Å². The zero-order valence-electron chi connectivity index (χ0n) is 11.3. The van der Waals surface area contributed by atoms with Crippen LogP contribution in [-0.4, -0.2) is 15.3 Å². The van der Waals surface area contributed by atoms with Gasteiger partial charge in [-0.1, -0.05) is 12.1 Å². The number of aryl methyl sites for hydroxylation is 1. The summed E-state index contributed by atoms with van der Waals surface area (Å²) >= 11 is 1.40. The lowest BCUT2D eigenvalue weighted by Gasteiger charge is -2.12. The van der Waals surface area contributed by atoms with Gasteiger partial charge in [0.15, 0.2) is 4.96 Å². The molecule has 2 heterocycles. The first-order chi connectivity index (χ1) is 10.3. The van der Waals surface area contributed by atoms with Crippen molar-refractivity contribution in [3.8, 4) is 0 Å². The van der Waals surface area contributed by atoms with Crippen LogP contribution >= 0.6 is 11.3 Å².